The summed E-state index contributed by atoms with van der Waals surface area (Å²) in [7, 11) is 0. The number of amides is 1. The maximum atomic E-state index is 11.2. The highest BCUT2D eigenvalue weighted by molar-refractivity contribution is 5.82. The fourth-order valence-corrected chi connectivity index (χ4v) is 1.07. The summed E-state index contributed by atoms with van der Waals surface area (Å²) in [5, 5.41) is 10.8. The number of esters is 1. The van der Waals surface area contributed by atoms with E-state index in [-0.39, 0.29) is 32.1 Å². The average molecular weight is 260 g/mol. The molecule has 4 N–H and O–H groups in total. The van der Waals surface area contributed by atoms with Crippen LogP contribution in [0.25, 0.3) is 0 Å². The number of nitrogens with one attached hydrogen (secondary N) is 1. The van der Waals surface area contributed by atoms with Gasteiger partial charge in [0.05, 0.1) is 6.61 Å². The quantitative estimate of drug-likeness (QED) is 0.348. The summed E-state index contributed by atoms with van der Waals surface area (Å²) in [5.74, 6) is -2.15. The van der Waals surface area contributed by atoms with E-state index in [2.05, 4.69) is 5.32 Å². The van der Waals surface area contributed by atoms with Crippen molar-refractivity contribution >= 4 is 17.8 Å². The topological polar surface area (TPSA) is 131 Å². The highest BCUT2D eigenvalue weighted by Gasteiger charge is 2.24. The average Bonchev–Trinajstić information content (AvgIpc) is 3.14. The van der Waals surface area contributed by atoms with Crippen LogP contribution in [-0.4, -0.2) is 54.9 Å². The summed E-state index contributed by atoms with van der Waals surface area (Å²) in [6.07, 6.45) is -0.0447. The van der Waals surface area contributed by atoms with Crippen molar-refractivity contribution in [3.63, 3.8) is 0 Å². The highest BCUT2D eigenvalue weighted by Crippen LogP contribution is 2.08. The van der Waals surface area contributed by atoms with E-state index < -0.39 is 23.9 Å². The SMILES string of the molecule is N[C@@H](CCC(=O)NCC(=O)OCC1CO1)C(=O)O. The Morgan fingerprint density at radius 1 is 1.50 bits per heavy atom. The van der Waals surface area contributed by atoms with Gasteiger partial charge in [0.15, 0.2) is 0 Å². The summed E-state index contributed by atoms with van der Waals surface area (Å²) in [6, 6.07) is -1.07. The van der Waals surface area contributed by atoms with Gasteiger partial charge in [-0.2, -0.15) is 0 Å². The summed E-state index contributed by atoms with van der Waals surface area (Å²) < 4.78 is 9.62. The fourth-order valence-electron chi connectivity index (χ4n) is 1.07. The van der Waals surface area contributed by atoms with Crippen LogP contribution in [0.1, 0.15) is 12.8 Å². The molecule has 0 aromatic carbocycles. The summed E-state index contributed by atoms with van der Waals surface area (Å²) in [5.41, 5.74) is 5.22. The number of carbonyl (C=O) groups is 3. The number of rotatable bonds is 8. The minimum atomic E-state index is -1.16. The lowest BCUT2D eigenvalue weighted by atomic mass is 10.1. The Bertz CT molecular complexity index is 328. The van der Waals surface area contributed by atoms with E-state index in [1.54, 1.807) is 0 Å². The lowest BCUT2D eigenvalue weighted by Crippen LogP contribution is -2.34. The molecule has 0 saturated carbocycles. The highest BCUT2D eigenvalue weighted by atomic mass is 16.6. The zero-order valence-electron chi connectivity index (χ0n) is 9.76. The van der Waals surface area contributed by atoms with Crippen LogP contribution in [0.15, 0.2) is 0 Å². The first-order valence-electron chi connectivity index (χ1n) is 5.51. The summed E-state index contributed by atoms with van der Waals surface area (Å²) >= 11 is 0. The third-order valence-electron chi connectivity index (χ3n) is 2.26. The van der Waals surface area contributed by atoms with Crippen molar-refractivity contribution in [3.05, 3.63) is 0 Å². The van der Waals surface area contributed by atoms with Crippen LogP contribution in [0.2, 0.25) is 0 Å². The lowest BCUT2D eigenvalue weighted by Gasteiger charge is -2.07. The van der Waals surface area contributed by atoms with Gasteiger partial charge < -0.3 is 25.6 Å². The van der Waals surface area contributed by atoms with Gasteiger partial charge in [0.25, 0.3) is 0 Å². The Balaban J connectivity index is 2.04. The first-order chi connectivity index (χ1) is 8.49. The van der Waals surface area contributed by atoms with Gasteiger partial charge in [-0.25, -0.2) is 0 Å². The third-order valence-corrected chi connectivity index (χ3v) is 2.26. The molecule has 0 aliphatic carbocycles. The molecule has 1 heterocycles. The number of hydrogen-bond donors (Lipinski definition) is 3. The minimum Gasteiger partial charge on any atom is -0.480 e. The predicted molar refractivity (Wildman–Crippen MR) is 58.6 cm³/mol. The van der Waals surface area contributed by atoms with Gasteiger partial charge in [0.1, 0.15) is 25.3 Å². The van der Waals surface area contributed by atoms with Crippen molar-refractivity contribution in [2.24, 2.45) is 5.73 Å². The van der Waals surface area contributed by atoms with Crippen LogP contribution in [0, 0.1) is 0 Å². The molecule has 1 fully saturated rings. The number of nitrogens with two attached hydrogens (primary N) is 1. The van der Waals surface area contributed by atoms with Crippen molar-refractivity contribution in [3.8, 4) is 0 Å². The molecule has 0 aromatic rings. The van der Waals surface area contributed by atoms with E-state index in [9.17, 15) is 14.4 Å². The molecule has 8 heteroatoms. The zero-order chi connectivity index (χ0) is 13.5. The zero-order valence-corrected chi connectivity index (χ0v) is 9.76. The van der Waals surface area contributed by atoms with Gasteiger partial charge in [-0.1, -0.05) is 0 Å². The van der Waals surface area contributed by atoms with Crippen molar-refractivity contribution < 1.29 is 29.0 Å². The second kappa shape index (κ2) is 6.92. The molecule has 18 heavy (non-hydrogen) atoms. The number of carboxylic acid groups (broad SMARTS) is 1. The standard InChI is InChI=1S/C10H16N2O6/c11-7(10(15)16)1-2-8(13)12-3-9(14)18-5-6-4-17-6/h6-7H,1-5,11H2,(H,12,13)(H,15,16)/t6?,7-/m0/s1. The van der Waals surface area contributed by atoms with Gasteiger partial charge in [-0.3, -0.25) is 14.4 Å². The molecule has 1 saturated heterocycles. The van der Waals surface area contributed by atoms with Crippen LogP contribution >= 0.6 is 0 Å². The number of carboxylic acids is 1. The molecule has 1 unspecified atom stereocenters. The van der Waals surface area contributed by atoms with Gasteiger partial charge in [-0.05, 0) is 6.42 Å². The van der Waals surface area contributed by atoms with E-state index in [4.69, 9.17) is 20.3 Å². The number of aliphatic carboxylic acids is 1. The molecule has 0 spiro atoms. The van der Waals surface area contributed by atoms with Crippen molar-refractivity contribution in [2.75, 3.05) is 19.8 Å². The molecule has 1 aliphatic heterocycles. The number of epoxide rings is 1. The molecule has 0 aromatic heterocycles. The van der Waals surface area contributed by atoms with E-state index in [0.717, 1.165) is 0 Å². The predicted octanol–water partition coefficient (Wildman–Crippen LogP) is -1.76. The van der Waals surface area contributed by atoms with E-state index >= 15 is 0 Å². The fraction of sp³-hybridized carbons (Fsp3) is 0.700. The van der Waals surface area contributed by atoms with Crippen LogP contribution in [0.5, 0.6) is 0 Å². The Kier molecular flexibility index (Phi) is 5.53. The lowest BCUT2D eigenvalue weighted by molar-refractivity contribution is -0.144. The molecule has 1 aliphatic rings. The first-order valence-corrected chi connectivity index (χ1v) is 5.51. The van der Waals surface area contributed by atoms with Gasteiger partial charge >= 0.3 is 11.9 Å². The van der Waals surface area contributed by atoms with Gasteiger partial charge in [0.2, 0.25) is 5.91 Å². The van der Waals surface area contributed by atoms with Crippen LogP contribution in [0.4, 0.5) is 0 Å². The monoisotopic (exact) mass is 260 g/mol. The summed E-state index contributed by atoms with van der Waals surface area (Å²) in [4.78, 5) is 32.7. The molecule has 1 amide bonds. The number of hydrogen-bond acceptors (Lipinski definition) is 6. The summed E-state index contributed by atoms with van der Waals surface area (Å²) in [6.45, 7) is 0.541. The molecule has 102 valence electrons. The molecule has 0 bridgehead atoms. The van der Waals surface area contributed by atoms with Gasteiger partial charge in [0, 0.05) is 6.42 Å². The number of carbonyl (C=O) groups excluding carboxylic acids is 2. The Labute approximate surface area is 103 Å². The van der Waals surface area contributed by atoms with E-state index in [1.165, 1.54) is 0 Å². The van der Waals surface area contributed by atoms with E-state index in [0.29, 0.717) is 6.61 Å². The first kappa shape index (κ1) is 14.4. The molecule has 0 radical (unpaired) electrons. The minimum absolute atomic E-state index is 0.0155. The molecule has 8 nitrogen and oxygen atoms in total. The molecule has 1 rings (SSSR count). The Morgan fingerprint density at radius 3 is 2.72 bits per heavy atom. The molecular formula is C10H16N2O6. The van der Waals surface area contributed by atoms with Crippen LogP contribution in [-0.2, 0) is 23.9 Å². The smallest absolute Gasteiger partial charge is 0.325 e. The molecular weight excluding hydrogens is 244 g/mol. The van der Waals surface area contributed by atoms with Crippen LogP contribution < -0.4 is 11.1 Å². The Morgan fingerprint density at radius 2 is 2.17 bits per heavy atom. The molecule has 2 atom stereocenters. The number of ether oxygens (including phenoxy) is 2. The second-order valence-electron chi connectivity index (χ2n) is 3.90. The largest absolute Gasteiger partial charge is 0.480 e. The second-order valence-corrected chi connectivity index (χ2v) is 3.90. The van der Waals surface area contributed by atoms with Crippen LogP contribution in [0.3, 0.4) is 0 Å². The van der Waals surface area contributed by atoms with Crippen molar-refractivity contribution in [1.82, 2.24) is 5.32 Å². The van der Waals surface area contributed by atoms with Crippen molar-refractivity contribution in [2.45, 2.75) is 25.0 Å². The van der Waals surface area contributed by atoms with E-state index in [1.807, 2.05) is 0 Å². The third kappa shape index (κ3) is 6.16. The maximum Gasteiger partial charge on any atom is 0.325 e. The Hall–Kier alpha value is -1.67. The normalized spacial score (nSPS) is 18.8. The maximum absolute atomic E-state index is 11.2. The van der Waals surface area contributed by atoms with Gasteiger partial charge in [-0.15, -0.1) is 0 Å². The van der Waals surface area contributed by atoms with Crippen molar-refractivity contribution in [1.29, 1.82) is 0 Å².